The number of aromatic nitrogens is 4. The zero-order valence-electron chi connectivity index (χ0n) is 16.1. The highest BCUT2D eigenvalue weighted by atomic mass is 35.5. The van der Waals surface area contributed by atoms with Crippen molar-refractivity contribution in [3.05, 3.63) is 39.2 Å². The second-order valence-electron chi connectivity index (χ2n) is 7.67. The van der Waals surface area contributed by atoms with Gasteiger partial charge in [-0.2, -0.15) is 0 Å². The van der Waals surface area contributed by atoms with Crippen molar-refractivity contribution in [3.63, 3.8) is 0 Å². The van der Waals surface area contributed by atoms with Gasteiger partial charge >= 0.3 is 0 Å². The predicted octanol–water partition coefficient (Wildman–Crippen LogP) is 1.28. The number of rotatable bonds is 2. The van der Waals surface area contributed by atoms with Gasteiger partial charge in [0, 0.05) is 13.0 Å². The SMILES string of the molecule is CNC(=O)C12C[C@@H]1[C@@H](n1cnc3c(C)nc(C#Cc4ccc(Cl)s4)nc31)C(O)C2O. The van der Waals surface area contributed by atoms with E-state index in [1.807, 2.05) is 13.0 Å². The van der Waals surface area contributed by atoms with Gasteiger partial charge in [-0.05, 0) is 37.3 Å². The van der Waals surface area contributed by atoms with Crippen LogP contribution in [0.1, 0.15) is 28.9 Å². The molecule has 30 heavy (non-hydrogen) atoms. The van der Waals surface area contributed by atoms with E-state index in [4.69, 9.17) is 11.6 Å². The Hall–Kier alpha value is -2.51. The number of carbonyl (C=O) groups excluding carboxylic acids is 1. The van der Waals surface area contributed by atoms with Gasteiger partial charge in [-0.3, -0.25) is 4.79 Å². The van der Waals surface area contributed by atoms with Gasteiger partial charge in [0.25, 0.3) is 0 Å². The van der Waals surface area contributed by atoms with Crippen LogP contribution >= 0.6 is 22.9 Å². The second kappa shape index (κ2) is 6.75. The first-order valence-corrected chi connectivity index (χ1v) is 10.6. The zero-order chi connectivity index (χ0) is 21.2. The summed E-state index contributed by atoms with van der Waals surface area (Å²) in [4.78, 5) is 26.6. The molecule has 1 amide bonds. The number of imidazole rings is 1. The smallest absolute Gasteiger partial charge is 0.229 e. The highest BCUT2D eigenvalue weighted by molar-refractivity contribution is 7.16. The van der Waals surface area contributed by atoms with Crippen molar-refractivity contribution < 1.29 is 15.0 Å². The fourth-order valence-electron chi connectivity index (χ4n) is 4.62. The van der Waals surface area contributed by atoms with Crippen LogP contribution in [0.3, 0.4) is 0 Å². The van der Waals surface area contributed by atoms with E-state index in [1.165, 1.54) is 18.4 Å². The third-order valence-corrected chi connectivity index (χ3v) is 7.26. The Bertz CT molecular complexity index is 1240. The minimum Gasteiger partial charge on any atom is -0.389 e. The summed E-state index contributed by atoms with van der Waals surface area (Å²) >= 11 is 7.32. The molecule has 0 aliphatic heterocycles. The molecule has 154 valence electrons. The molecule has 0 spiro atoms. The van der Waals surface area contributed by atoms with Crippen LogP contribution in [-0.4, -0.2) is 54.9 Å². The van der Waals surface area contributed by atoms with Crippen LogP contribution in [0, 0.1) is 30.1 Å². The molecular weight excluding hydrogens is 426 g/mol. The largest absolute Gasteiger partial charge is 0.389 e. The molecule has 2 aliphatic rings. The van der Waals surface area contributed by atoms with Crippen molar-refractivity contribution in [2.45, 2.75) is 31.6 Å². The molecule has 3 N–H and O–H groups in total. The van der Waals surface area contributed by atoms with Crippen LogP contribution in [0.25, 0.3) is 11.2 Å². The van der Waals surface area contributed by atoms with Gasteiger partial charge in [-0.1, -0.05) is 11.6 Å². The van der Waals surface area contributed by atoms with Crippen molar-refractivity contribution in [3.8, 4) is 11.8 Å². The van der Waals surface area contributed by atoms with Crippen LogP contribution in [-0.2, 0) is 4.79 Å². The number of fused-ring (bicyclic) bond motifs is 2. The standard InChI is InChI=1S/C20H18ClN5O3S/c1-9-14-18(25-13(24-9)6-4-10-3-5-12(21)30-10)26(8-23-14)15-11-7-20(11,19(29)22-2)17(28)16(15)27/h3,5,8,11,15-17,27-28H,7H2,1-2H3,(H,22,29)/t11-,15-,16?,17?,20?/m1/s1. The molecule has 0 bridgehead atoms. The highest BCUT2D eigenvalue weighted by Gasteiger charge is 2.75. The Balaban J connectivity index is 1.56. The van der Waals surface area contributed by atoms with Gasteiger partial charge in [0.2, 0.25) is 11.7 Å². The van der Waals surface area contributed by atoms with Crippen LogP contribution in [0.4, 0.5) is 0 Å². The first-order valence-electron chi connectivity index (χ1n) is 9.43. The number of aliphatic hydroxyl groups is 2. The molecule has 3 unspecified atom stereocenters. The van der Waals surface area contributed by atoms with E-state index in [9.17, 15) is 15.0 Å². The number of carbonyl (C=O) groups is 1. The molecule has 10 heteroatoms. The van der Waals surface area contributed by atoms with E-state index in [-0.39, 0.29) is 11.8 Å². The van der Waals surface area contributed by atoms with Crippen LogP contribution in [0.2, 0.25) is 4.34 Å². The summed E-state index contributed by atoms with van der Waals surface area (Å²) in [7, 11) is 1.54. The monoisotopic (exact) mass is 443 g/mol. The Morgan fingerprint density at radius 3 is 2.87 bits per heavy atom. The molecule has 2 saturated carbocycles. The molecule has 2 aliphatic carbocycles. The lowest BCUT2D eigenvalue weighted by molar-refractivity contribution is -0.132. The average Bonchev–Trinajstić information content (AvgIpc) is 2.98. The molecule has 0 radical (unpaired) electrons. The fourth-order valence-corrected chi connectivity index (χ4v) is 5.51. The van der Waals surface area contributed by atoms with Crippen LogP contribution < -0.4 is 5.32 Å². The number of halogens is 1. The minimum atomic E-state index is -1.14. The van der Waals surface area contributed by atoms with Gasteiger partial charge in [0.15, 0.2) is 5.65 Å². The summed E-state index contributed by atoms with van der Waals surface area (Å²) in [6.45, 7) is 1.82. The minimum absolute atomic E-state index is 0.196. The molecule has 5 rings (SSSR count). The van der Waals surface area contributed by atoms with Crippen molar-refractivity contribution in [2.24, 2.45) is 11.3 Å². The van der Waals surface area contributed by atoms with E-state index in [1.54, 1.807) is 17.0 Å². The molecule has 5 atom stereocenters. The summed E-state index contributed by atoms with van der Waals surface area (Å²) < 4.78 is 2.40. The van der Waals surface area contributed by atoms with Crippen molar-refractivity contribution in [1.82, 2.24) is 24.8 Å². The summed E-state index contributed by atoms with van der Waals surface area (Å²) in [5.41, 5.74) is 0.818. The first kappa shape index (κ1) is 19.5. The van der Waals surface area contributed by atoms with E-state index in [0.29, 0.717) is 33.4 Å². The molecule has 2 fully saturated rings. The molecule has 3 aromatic rings. The fraction of sp³-hybridized carbons (Fsp3) is 0.400. The van der Waals surface area contributed by atoms with Crippen molar-refractivity contribution in [2.75, 3.05) is 7.05 Å². The summed E-state index contributed by atoms with van der Waals surface area (Å²) in [6, 6.07) is 3.10. The number of nitrogens with zero attached hydrogens (tertiary/aromatic N) is 4. The topological polar surface area (TPSA) is 113 Å². The van der Waals surface area contributed by atoms with E-state index >= 15 is 0 Å². The maximum atomic E-state index is 12.4. The molecule has 0 aromatic carbocycles. The lowest BCUT2D eigenvalue weighted by atomic mass is 9.98. The van der Waals surface area contributed by atoms with Crippen LogP contribution in [0.5, 0.6) is 0 Å². The number of aliphatic hydroxyl groups excluding tert-OH is 2. The van der Waals surface area contributed by atoms with Crippen molar-refractivity contribution in [1.29, 1.82) is 0 Å². The zero-order valence-corrected chi connectivity index (χ0v) is 17.7. The first-order chi connectivity index (χ1) is 14.4. The molecule has 0 saturated heterocycles. The average molecular weight is 444 g/mol. The number of aryl methyl sites for hydroxylation is 1. The second-order valence-corrected chi connectivity index (χ2v) is 9.38. The van der Waals surface area contributed by atoms with E-state index < -0.39 is 23.7 Å². The molecule has 3 heterocycles. The lowest BCUT2D eigenvalue weighted by Crippen LogP contribution is -2.41. The Kier molecular flexibility index (Phi) is 4.38. The molecular formula is C20H18ClN5O3S. The predicted molar refractivity (Wildman–Crippen MR) is 111 cm³/mol. The van der Waals surface area contributed by atoms with E-state index in [0.717, 1.165) is 4.88 Å². The van der Waals surface area contributed by atoms with Crippen molar-refractivity contribution >= 4 is 40.0 Å². The van der Waals surface area contributed by atoms with Gasteiger partial charge in [0.1, 0.15) is 11.6 Å². The summed E-state index contributed by atoms with van der Waals surface area (Å²) in [6.07, 6.45) is -0.154. The lowest BCUT2D eigenvalue weighted by Gasteiger charge is -2.23. The number of thiophene rings is 1. The normalized spacial score (nSPS) is 29.4. The van der Waals surface area contributed by atoms with Gasteiger partial charge < -0.3 is 20.1 Å². The number of nitrogens with one attached hydrogen (secondary N) is 1. The van der Waals surface area contributed by atoms with E-state index in [2.05, 4.69) is 32.1 Å². The highest BCUT2D eigenvalue weighted by Crippen LogP contribution is 2.67. The van der Waals surface area contributed by atoms with Gasteiger partial charge in [-0.25, -0.2) is 15.0 Å². The maximum absolute atomic E-state index is 12.4. The van der Waals surface area contributed by atoms with Crippen LogP contribution in [0.15, 0.2) is 18.5 Å². The Morgan fingerprint density at radius 2 is 2.17 bits per heavy atom. The quantitative estimate of drug-likeness (QED) is 0.514. The number of hydrogen-bond acceptors (Lipinski definition) is 7. The molecule has 8 nitrogen and oxygen atoms in total. The summed E-state index contributed by atoms with van der Waals surface area (Å²) in [5, 5.41) is 24.0. The summed E-state index contributed by atoms with van der Waals surface area (Å²) in [5.74, 6) is 5.84. The Labute approximate surface area is 180 Å². The molecule has 3 aromatic heterocycles. The Morgan fingerprint density at radius 1 is 1.37 bits per heavy atom. The third-order valence-electron chi connectivity index (χ3n) is 6.11. The number of hydrogen-bond donors (Lipinski definition) is 3. The number of amides is 1. The maximum Gasteiger partial charge on any atom is 0.229 e. The van der Waals surface area contributed by atoms with Gasteiger partial charge in [-0.15, -0.1) is 11.3 Å². The third kappa shape index (κ3) is 2.68. The van der Waals surface area contributed by atoms with Gasteiger partial charge in [0.05, 0.1) is 38.8 Å².